The molecule has 122 valence electrons. The Balaban J connectivity index is 2.21. The minimum atomic E-state index is -0.436. The first-order chi connectivity index (χ1) is 10.3. The molecule has 5 heteroatoms. The van der Waals surface area contributed by atoms with Crippen LogP contribution in [-0.4, -0.2) is 30.7 Å². The number of rotatable bonds is 6. The van der Waals surface area contributed by atoms with Gasteiger partial charge in [-0.05, 0) is 51.3 Å². The van der Waals surface area contributed by atoms with Crippen LogP contribution in [0.1, 0.15) is 50.0 Å². The van der Waals surface area contributed by atoms with Gasteiger partial charge in [-0.25, -0.2) is 4.79 Å². The van der Waals surface area contributed by atoms with E-state index in [2.05, 4.69) is 17.6 Å². The summed E-state index contributed by atoms with van der Waals surface area (Å²) in [4.78, 5) is 23.3. The predicted octanol–water partition coefficient (Wildman–Crippen LogP) is 2.89. The molecule has 2 amide bonds. The summed E-state index contributed by atoms with van der Waals surface area (Å²) in [7, 11) is 0. The molecule has 0 spiro atoms. The molecule has 0 bridgehead atoms. The van der Waals surface area contributed by atoms with Crippen LogP contribution in [0, 0.1) is 0 Å². The van der Waals surface area contributed by atoms with E-state index in [9.17, 15) is 9.59 Å². The smallest absolute Gasteiger partial charge is 0.407 e. The van der Waals surface area contributed by atoms with Gasteiger partial charge in [0.2, 0.25) is 0 Å². The lowest BCUT2D eigenvalue weighted by Gasteiger charge is -2.19. The van der Waals surface area contributed by atoms with E-state index in [4.69, 9.17) is 4.74 Å². The number of aryl methyl sites for hydroxylation is 1. The van der Waals surface area contributed by atoms with Crippen molar-refractivity contribution < 1.29 is 14.3 Å². The van der Waals surface area contributed by atoms with Gasteiger partial charge in [-0.3, -0.25) is 4.79 Å². The maximum Gasteiger partial charge on any atom is 0.407 e. The van der Waals surface area contributed by atoms with Gasteiger partial charge in [-0.1, -0.05) is 19.1 Å². The van der Waals surface area contributed by atoms with Crippen molar-refractivity contribution in [2.24, 2.45) is 0 Å². The van der Waals surface area contributed by atoms with Gasteiger partial charge in [-0.15, -0.1) is 0 Å². The molecular formula is C17H26N2O3. The van der Waals surface area contributed by atoms with Crippen molar-refractivity contribution in [2.75, 3.05) is 13.2 Å². The van der Waals surface area contributed by atoms with E-state index in [1.165, 1.54) is 5.56 Å². The fourth-order valence-electron chi connectivity index (χ4n) is 1.78. The number of carbonyl (C=O) groups excluding carboxylic acids is 2. The molecule has 0 atom stereocenters. The highest BCUT2D eigenvalue weighted by molar-refractivity contribution is 5.94. The van der Waals surface area contributed by atoms with E-state index >= 15 is 0 Å². The van der Waals surface area contributed by atoms with Crippen molar-refractivity contribution >= 4 is 12.0 Å². The van der Waals surface area contributed by atoms with Gasteiger partial charge in [0.1, 0.15) is 0 Å². The number of carbonyl (C=O) groups is 2. The largest absolute Gasteiger partial charge is 0.449 e. The molecule has 0 unspecified atom stereocenters. The SMILES string of the molecule is CCc1ccc(C(=O)NCCCOC(=O)NC(C)(C)C)cc1. The molecule has 0 fully saturated rings. The summed E-state index contributed by atoms with van der Waals surface area (Å²) in [5.41, 5.74) is 1.54. The molecule has 1 rings (SSSR count). The summed E-state index contributed by atoms with van der Waals surface area (Å²) in [5, 5.41) is 5.51. The van der Waals surface area contributed by atoms with E-state index in [1.54, 1.807) is 0 Å². The summed E-state index contributed by atoms with van der Waals surface area (Å²) in [6.45, 7) is 8.48. The van der Waals surface area contributed by atoms with Crippen LogP contribution in [0.3, 0.4) is 0 Å². The summed E-state index contributed by atoms with van der Waals surface area (Å²) in [6, 6.07) is 7.55. The zero-order chi connectivity index (χ0) is 16.6. The Morgan fingerprint density at radius 1 is 1.14 bits per heavy atom. The summed E-state index contributed by atoms with van der Waals surface area (Å²) >= 11 is 0. The Labute approximate surface area is 132 Å². The number of benzene rings is 1. The molecule has 0 radical (unpaired) electrons. The number of nitrogens with one attached hydrogen (secondary N) is 2. The lowest BCUT2D eigenvalue weighted by Crippen LogP contribution is -2.41. The molecule has 0 saturated heterocycles. The third kappa shape index (κ3) is 7.11. The second-order valence-electron chi connectivity index (χ2n) is 6.17. The predicted molar refractivity (Wildman–Crippen MR) is 87.0 cm³/mol. The van der Waals surface area contributed by atoms with Gasteiger partial charge in [0.25, 0.3) is 5.91 Å². The Hall–Kier alpha value is -2.04. The van der Waals surface area contributed by atoms with Gasteiger partial charge in [-0.2, -0.15) is 0 Å². The molecular weight excluding hydrogens is 280 g/mol. The van der Waals surface area contributed by atoms with Gasteiger partial charge < -0.3 is 15.4 Å². The summed E-state index contributed by atoms with van der Waals surface area (Å²) < 4.78 is 5.03. The van der Waals surface area contributed by atoms with Gasteiger partial charge in [0.15, 0.2) is 0 Å². The molecule has 0 aromatic heterocycles. The van der Waals surface area contributed by atoms with Gasteiger partial charge >= 0.3 is 6.09 Å². The van der Waals surface area contributed by atoms with Crippen LogP contribution in [-0.2, 0) is 11.2 Å². The van der Waals surface area contributed by atoms with Crippen LogP contribution < -0.4 is 10.6 Å². The minimum absolute atomic E-state index is 0.109. The van der Waals surface area contributed by atoms with E-state index in [0.717, 1.165) is 6.42 Å². The third-order valence-electron chi connectivity index (χ3n) is 2.94. The number of ether oxygens (including phenoxy) is 1. The lowest BCUT2D eigenvalue weighted by molar-refractivity contribution is 0.0949. The Bertz CT molecular complexity index is 490. The monoisotopic (exact) mass is 306 g/mol. The summed E-state index contributed by atoms with van der Waals surface area (Å²) in [6.07, 6.45) is 1.10. The second-order valence-corrected chi connectivity index (χ2v) is 6.17. The van der Waals surface area contributed by atoms with E-state index in [0.29, 0.717) is 18.5 Å². The molecule has 5 nitrogen and oxygen atoms in total. The average Bonchev–Trinajstić information content (AvgIpc) is 2.45. The standard InChI is InChI=1S/C17H26N2O3/c1-5-13-7-9-14(10-8-13)15(20)18-11-6-12-22-16(21)19-17(2,3)4/h7-10H,5-6,11-12H2,1-4H3,(H,18,20)(H,19,21). The van der Waals surface area contributed by atoms with Crippen molar-refractivity contribution in [1.82, 2.24) is 10.6 Å². The Kier molecular flexibility index (Phi) is 6.89. The van der Waals surface area contributed by atoms with Crippen LogP contribution in [0.15, 0.2) is 24.3 Å². The van der Waals surface area contributed by atoms with Crippen molar-refractivity contribution in [3.63, 3.8) is 0 Å². The molecule has 1 aromatic rings. The van der Waals surface area contributed by atoms with Crippen molar-refractivity contribution in [3.05, 3.63) is 35.4 Å². The maximum absolute atomic E-state index is 11.9. The number of alkyl carbamates (subject to hydrolysis) is 1. The first-order valence-corrected chi connectivity index (χ1v) is 7.64. The quantitative estimate of drug-likeness (QED) is 0.794. The van der Waals surface area contributed by atoms with Gasteiger partial charge in [0, 0.05) is 17.6 Å². The molecule has 0 saturated carbocycles. The molecule has 1 aromatic carbocycles. The minimum Gasteiger partial charge on any atom is -0.449 e. The highest BCUT2D eigenvalue weighted by Gasteiger charge is 2.14. The average molecular weight is 306 g/mol. The fourth-order valence-corrected chi connectivity index (χ4v) is 1.78. The Morgan fingerprint density at radius 2 is 1.77 bits per heavy atom. The third-order valence-corrected chi connectivity index (χ3v) is 2.94. The van der Waals surface area contributed by atoms with E-state index in [1.807, 2.05) is 45.0 Å². The number of hydrogen-bond donors (Lipinski definition) is 2. The van der Waals surface area contributed by atoms with Gasteiger partial charge in [0.05, 0.1) is 6.61 Å². The number of amides is 2. The summed E-state index contributed by atoms with van der Waals surface area (Å²) in [5.74, 6) is -0.109. The van der Waals surface area contributed by atoms with E-state index in [-0.39, 0.29) is 18.1 Å². The maximum atomic E-state index is 11.9. The van der Waals surface area contributed by atoms with Crippen LogP contribution in [0.25, 0.3) is 0 Å². The first-order valence-electron chi connectivity index (χ1n) is 7.64. The highest BCUT2D eigenvalue weighted by atomic mass is 16.5. The zero-order valence-electron chi connectivity index (χ0n) is 13.9. The lowest BCUT2D eigenvalue weighted by atomic mass is 10.1. The van der Waals surface area contributed by atoms with Crippen LogP contribution in [0.4, 0.5) is 4.79 Å². The molecule has 2 N–H and O–H groups in total. The molecule has 0 heterocycles. The van der Waals surface area contributed by atoms with Crippen LogP contribution >= 0.6 is 0 Å². The van der Waals surface area contributed by atoms with E-state index < -0.39 is 6.09 Å². The fraction of sp³-hybridized carbons (Fsp3) is 0.529. The molecule has 0 aliphatic carbocycles. The van der Waals surface area contributed by atoms with Crippen molar-refractivity contribution in [2.45, 2.75) is 46.1 Å². The highest BCUT2D eigenvalue weighted by Crippen LogP contribution is 2.05. The van der Waals surface area contributed by atoms with Crippen molar-refractivity contribution in [1.29, 1.82) is 0 Å². The Morgan fingerprint density at radius 3 is 2.32 bits per heavy atom. The molecule has 22 heavy (non-hydrogen) atoms. The zero-order valence-corrected chi connectivity index (χ0v) is 13.9. The number of hydrogen-bond acceptors (Lipinski definition) is 3. The first kappa shape index (κ1) is 18.0. The van der Waals surface area contributed by atoms with Crippen molar-refractivity contribution in [3.8, 4) is 0 Å². The normalized spacial score (nSPS) is 10.9. The molecule has 0 aliphatic rings. The van der Waals surface area contributed by atoms with Crippen LogP contribution in [0.5, 0.6) is 0 Å². The second kappa shape index (κ2) is 8.41. The van der Waals surface area contributed by atoms with Crippen LogP contribution in [0.2, 0.25) is 0 Å². The topological polar surface area (TPSA) is 67.4 Å². The molecule has 0 aliphatic heterocycles.